The van der Waals surface area contributed by atoms with Crippen LogP contribution in [-0.2, 0) is 9.47 Å². The molecule has 0 radical (unpaired) electrons. The Balaban J connectivity index is 2.04. The predicted molar refractivity (Wildman–Crippen MR) is 117 cm³/mol. The molecule has 5 heteroatoms. The highest BCUT2D eigenvalue weighted by molar-refractivity contribution is 6.13. The minimum Gasteiger partial charge on any atom is -0.461 e. The van der Waals surface area contributed by atoms with Gasteiger partial charge in [0, 0.05) is 0 Å². The quantitative estimate of drug-likeness (QED) is 0.332. The molecule has 0 atom stereocenters. The Labute approximate surface area is 174 Å². The summed E-state index contributed by atoms with van der Waals surface area (Å²) >= 11 is 0. The van der Waals surface area contributed by atoms with Gasteiger partial charge in [-0.3, -0.25) is 0 Å². The van der Waals surface area contributed by atoms with Gasteiger partial charge in [-0.05, 0) is 64.7 Å². The summed E-state index contributed by atoms with van der Waals surface area (Å²) in [5.74, 6) is -1.15. The average molecular weight is 399 g/mol. The first-order valence-corrected chi connectivity index (χ1v) is 9.89. The van der Waals surface area contributed by atoms with E-state index in [2.05, 4.69) is 11.1 Å². The number of carbonyl (C=O) groups excluding carboxylic acids is 2. The maximum absolute atomic E-state index is 12.5. The van der Waals surface area contributed by atoms with Gasteiger partial charge in [0.1, 0.15) is 11.4 Å². The average Bonchev–Trinajstić information content (AvgIpc) is 2.77. The highest BCUT2D eigenvalue weighted by Crippen LogP contribution is 2.37. The molecule has 4 aromatic rings. The summed E-state index contributed by atoms with van der Waals surface area (Å²) in [7, 11) is 0. The van der Waals surface area contributed by atoms with Gasteiger partial charge in [-0.2, -0.15) is 0 Å². The van der Waals surface area contributed by atoms with Crippen LogP contribution < -0.4 is 0 Å². The van der Waals surface area contributed by atoms with Crippen molar-refractivity contribution in [1.82, 2.24) is 4.98 Å². The van der Waals surface area contributed by atoms with Gasteiger partial charge in [-0.25, -0.2) is 14.6 Å². The zero-order valence-corrected chi connectivity index (χ0v) is 16.8. The Kier molecular flexibility index (Phi) is 5.44. The van der Waals surface area contributed by atoms with E-state index < -0.39 is 11.9 Å². The maximum atomic E-state index is 12.5. The first-order chi connectivity index (χ1) is 14.6. The maximum Gasteiger partial charge on any atom is 0.356 e. The molecule has 1 aromatic heterocycles. The molecule has 0 aliphatic rings. The lowest BCUT2D eigenvalue weighted by atomic mass is 9.92. The lowest BCUT2D eigenvalue weighted by molar-refractivity contribution is 0.0511. The Hall–Kier alpha value is -3.73. The second-order valence-electron chi connectivity index (χ2n) is 6.76. The largest absolute Gasteiger partial charge is 0.461 e. The van der Waals surface area contributed by atoms with Crippen molar-refractivity contribution in [3.05, 3.63) is 78.1 Å². The second-order valence-corrected chi connectivity index (χ2v) is 6.76. The van der Waals surface area contributed by atoms with Crippen molar-refractivity contribution in [1.29, 1.82) is 0 Å². The first kappa shape index (κ1) is 19.6. The summed E-state index contributed by atoms with van der Waals surface area (Å²) in [6.45, 7) is 3.89. The van der Waals surface area contributed by atoms with Crippen LogP contribution in [0.1, 0.15) is 34.8 Å². The number of aromatic nitrogens is 1. The number of benzene rings is 3. The zero-order valence-electron chi connectivity index (χ0n) is 16.8. The third-order valence-corrected chi connectivity index (χ3v) is 4.85. The van der Waals surface area contributed by atoms with E-state index in [9.17, 15) is 9.59 Å². The molecule has 0 spiro atoms. The van der Waals surface area contributed by atoms with Crippen LogP contribution >= 0.6 is 0 Å². The number of ether oxygens (including phenoxy) is 2. The highest BCUT2D eigenvalue weighted by atomic mass is 16.5. The van der Waals surface area contributed by atoms with Gasteiger partial charge >= 0.3 is 11.9 Å². The highest BCUT2D eigenvalue weighted by Gasteiger charge is 2.19. The molecule has 30 heavy (non-hydrogen) atoms. The summed E-state index contributed by atoms with van der Waals surface area (Å²) in [5.41, 5.74) is 1.80. The first-order valence-electron chi connectivity index (χ1n) is 9.89. The fraction of sp³-hybridized carbons (Fsp3) is 0.160. The Morgan fingerprint density at radius 2 is 1.20 bits per heavy atom. The normalized spacial score (nSPS) is 10.9. The predicted octanol–water partition coefficient (Wildman–Crippen LogP) is 5.41. The number of pyridine rings is 1. The molecule has 0 bridgehead atoms. The minimum absolute atomic E-state index is 0.0782. The fourth-order valence-electron chi connectivity index (χ4n) is 3.62. The number of rotatable bonds is 5. The molecule has 4 rings (SSSR count). The monoisotopic (exact) mass is 399 g/mol. The van der Waals surface area contributed by atoms with Gasteiger partial charge in [0.15, 0.2) is 0 Å². The summed E-state index contributed by atoms with van der Waals surface area (Å²) < 4.78 is 10.3. The zero-order chi connectivity index (χ0) is 21.1. The van der Waals surface area contributed by atoms with Gasteiger partial charge < -0.3 is 9.47 Å². The van der Waals surface area contributed by atoms with Crippen molar-refractivity contribution in [3.8, 4) is 11.1 Å². The van der Waals surface area contributed by atoms with Gasteiger partial charge in [-0.15, -0.1) is 0 Å². The number of carbonyl (C=O) groups is 2. The molecule has 0 aliphatic carbocycles. The van der Waals surface area contributed by atoms with Crippen molar-refractivity contribution in [2.45, 2.75) is 13.8 Å². The second kappa shape index (κ2) is 8.33. The molecule has 0 aliphatic heterocycles. The van der Waals surface area contributed by atoms with Crippen molar-refractivity contribution in [2.75, 3.05) is 13.2 Å². The van der Waals surface area contributed by atoms with Crippen molar-refractivity contribution in [3.63, 3.8) is 0 Å². The number of hydrogen-bond donors (Lipinski definition) is 0. The molecule has 0 N–H and O–H groups in total. The smallest absolute Gasteiger partial charge is 0.356 e. The molecule has 1 heterocycles. The van der Waals surface area contributed by atoms with Crippen LogP contribution in [-0.4, -0.2) is 30.1 Å². The standard InChI is InChI=1S/C25H21NO4/c1-3-29-24(27)21-14-18(15-22(26-21)25(28)30-4-2)23-19-11-7-5-9-16(19)13-17-10-6-8-12-20(17)23/h5-15H,3-4H2,1-2H3. The van der Waals surface area contributed by atoms with Crippen LogP contribution in [0.15, 0.2) is 66.7 Å². The molecular formula is C25H21NO4. The van der Waals surface area contributed by atoms with Gasteiger partial charge in [0.2, 0.25) is 0 Å². The van der Waals surface area contributed by atoms with Crippen LogP contribution in [0.2, 0.25) is 0 Å². The lowest BCUT2D eigenvalue weighted by Crippen LogP contribution is -2.13. The number of esters is 2. The van der Waals surface area contributed by atoms with E-state index in [0.29, 0.717) is 5.56 Å². The van der Waals surface area contributed by atoms with E-state index in [1.165, 1.54) is 0 Å². The molecular weight excluding hydrogens is 378 g/mol. The SMILES string of the molecule is CCOC(=O)c1cc(-c2c3ccccc3cc3ccccc23)cc(C(=O)OCC)n1. The summed E-state index contributed by atoms with van der Waals surface area (Å²) in [4.78, 5) is 29.1. The van der Waals surface area contributed by atoms with E-state index in [4.69, 9.17) is 9.47 Å². The van der Waals surface area contributed by atoms with E-state index in [1.54, 1.807) is 26.0 Å². The Morgan fingerprint density at radius 3 is 1.67 bits per heavy atom. The molecule has 3 aromatic carbocycles. The molecule has 0 amide bonds. The van der Waals surface area contributed by atoms with Gasteiger partial charge in [0.25, 0.3) is 0 Å². The van der Waals surface area contributed by atoms with Crippen LogP contribution in [0.4, 0.5) is 0 Å². The van der Waals surface area contributed by atoms with E-state index in [-0.39, 0.29) is 24.6 Å². The van der Waals surface area contributed by atoms with Gasteiger partial charge in [0.05, 0.1) is 13.2 Å². The van der Waals surface area contributed by atoms with Crippen LogP contribution in [0.25, 0.3) is 32.7 Å². The van der Waals surface area contributed by atoms with Crippen molar-refractivity contribution >= 4 is 33.5 Å². The number of fused-ring (bicyclic) bond motifs is 2. The third kappa shape index (κ3) is 3.62. The van der Waals surface area contributed by atoms with Crippen LogP contribution in [0.5, 0.6) is 0 Å². The molecule has 0 fully saturated rings. The van der Waals surface area contributed by atoms with Crippen LogP contribution in [0.3, 0.4) is 0 Å². The Morgan fingerprint density at radius 1 is 0.733 bits per heavy atom. The van der Waals surface area contributed by atoms with Crippen LogP contribution in [0, 0.1) is 0 Å². The molecule has 0 unspecified atom stereocenters. The van der Waals surface area contributed by atoms with E-state index in [0.717, 1.165) is 27.1 Å². The van der Waals surface area contributed by atoms with Crippen molar-refractivity contribution in [2.24, 2.45) is 0 Å². The number of nitrogens with zero attached hydrogens (tertiary/aromatic N) is 1. The lowest BCUT2D eigenvalue weighted by Gasteiger charge is -2.14. The van der Waals surface area contributed by atoms with E-state index >= 15 is 0 Å². The Bertz CT molecular complexity index is 1170. The number of hydrogen-bond acceptors (Lipinski definition) is 5. The summed E-state index contributed by atoms with van der Waals surface area (Å²) in [5, 5.41) is 4.18. The van der Waals surface area contributed by atoms with Crippen molar-refractivity contribution < 1.29 is 19.1 Å². The minimum atomic E-state index is -0.575. The summed E-state index contributed by atoms with van der Waals surface area (Å²) in [6.07, 6.45) is 0. The molecule has 5 nitrogen and oxygen atoms in total. The molecule has 0 saturated heterocycles. The third-order valence-electron chi connectivity index (χ3n) is 4.85. The summed E-state index contributed by atoms with van der Waals surface area (Å²) in [6, 6.07) is 21.6. The van der Waals surface area contributed by atoms with E-state index in [1.807, 2.05) is 48.5 Å². The molecule has 0 saturated carbocycles. The topological polar surface area (TPSA) is 65.5 Å². The van der Waals surface area contributed by atoms with Gasteiger partial charge in [-0.1, -0.05) is 48.5 Å². The molecule has 150 valence electrons. The fourth-order valence-corrected chi connectivity index (χ4v) is 3.62.